The predicted molar refractivity (Wildman–Crippen MR) is 146 cm³/mol. The first-order valence-corrected chi connectivity index (χ1v) is 13.9. The number of benzene rings is 3. The zero-order valence-corrected chi connectivity index (χ0v) is 22.8. The van der Waals surface area contributed by atoms with Crippen molar-refractivity contribution >= 4 is 21.6 Å². The number of carbonyl (C=O) groups is 1. The summed E-state index contributed by atoms with van der Waals surface area (Å²) in [6.07, 6.45) is 1.21. The van der Waals surface area contributed by atoms with E-state index in [4.69, 9.17) is 4.74 Å². The van der Waals surface area contributed by atoms with Gasteiger partial charge in [-0.15, -0.1) is 0 Å². The van der Waals surface area contributed by atoms with Crippen LogP contribution >= 0.6 is 0 Å². The van der Waals surface area contributed by atoms with Gasteiger partial charge in [0, 0.05) is 5.56 Å². The minimum absolute atomic E-state index is 0.0880. The van der Waals surface area contributed by atoms with Crippen molar-refractivity contribution in [2.75, 3.05) is 23.7 Å². The van der Waals surface area contributed by atoms with E-state index in [9.17, 15) is 13.2 Å². The van der Waals surface area contributed by atoms with Crippen LogP contribution in [-0.4, -0.2) is 33.7 Å². The quantitative estimate of drug-likeness (QED) is 0.394. The second-order valence-corrected chi connectivity index (χ2v) is 12.0. The summed E-state index contributed by atoms with van der Waals surface area (Å²) in [6.45, 7) is 11.3. The van der Waals surface area contributed by atoms with Crippen LogP contribution in [0, 0.1) is 13.8 Å². The zero-order valence-electron chi connectivity index (χ0n) is 22.0. The Balaban J connectivity index is 1.56. The Bertz CT molecular complexity index is 1290. The molecule has 0 spiro atoms. The maximum absolute atomic E-state index is 12.5. The Hall–Kier alpha value is -3.32. The first-order chi connectivity index (χ1) is 16.9. The van der Waals surface area contributed by atoms with Crippen molar-refractivity contribution in [2.45, 2.75) is 46.6 Å². The van der Waals surface area contributed by atoms with Crippen molar-refractivity contribution < 1.29 is 17.9 Å². The van der Waals surface area contributed by atoms with E-state index in [1.54, 1.807) is 24.3 Å². The van der Waals surface area contributed by atoms with Crippen molar-refractivity contribution in [3.8, 4) is 5.75 Å². The first kappa shape index (κ1) is 27.3. The SMILES string of the molecule is Cc1cccc(N(Cc2ccc(C(=O)NCCOc3ccc(C(C)(C)C)cc3)cc2)S(C)(=O)=O)c1C. The van der Waals surface area contributed by atoms with E-state index in [2.05, 4.69) is 38.2 Å². The highest BCUT2D eigenvalue weighted by atomic mass is 32.2. The summed E-state index contributed by atoms with van der Waals surface area (Å²) < 4.78 is 32.2. The lowest BCUT2D eigenvalue weighted by Gasteiger charge is -2.25. The molecule has 192 valence electrons. The smallest absolute Gasteiger partial charge is 0.251 e. The summed E-state index contributed by atoms with van der Waals surface area (Å²) in [5.41, 5.74) is 5.23. The fourth-order valence-corrected chi connectivity index (χ4v) is 4.74. The molecule has 6 nitrogen and oxygen atoms in total. The first-order valence-electron chi connectivity index (χ1n) is 12.0. The van der Waals surface area contributed by atoms with Gasteiger partial charge in [0.05, 0.1) is 25.0 Å². The molecule has 0 aliphatic heterocycles. The van der Waals surface area contributed by atoms with Crippen LogP contribution < -0.4 is 14.4 Å². The van der Waals surface area contributed by atoms with Gasteiger partial charge in [-0.3, -0.25) is 9.10 Å². The van der Waals surface area contributed by atoms with E-state index in [1.165, 1.54) is 16.1 Å². The molecular formula is C29H36N2O4S. The van der Waals surface area contributed by atoms with Gasteiger partial charge in [0.15, 0.2) is 0 Å². The lowest BCUT2D eigenvalue weighted by molar-refractivity contribution is 0.0947. The Morgan fingerprint density at radius 1 is 0.944 bits per heavy atom. The summed E-state index contributed by atoms with van der Waals surface area (Å²) in [5, 5.41) is 2.86. The maximum atomic E-state index is 12.5. The number of aryl methyl sites for hydroxylation is 1. The van der Waals surface area contributed by atoms with E-state index in [0.29, 0.717) is 24.4 Å². The van der Waals surface area contributed by atoms with Crippen LogP contribution in [0.1, 0.15) is 53.4 Å². The molecule has 36 heavy (non-hydrogen) atoms. The third kappa shape index (κ3) is 7.10. The van der Waals surface area contributed by atoms with Crippen molar-refractivity contribution in [2.24, 2.45) is 0 Å². The number of anilines is 1. The molecule has 0 radical (unpaired) electrons. The molecule has 0 fully saturated rings. The molecule has 0 saturated carbocycles. The zero-order chi connectivity index (χ0) is 26.5. The van der Waals surface area contributed by atoms with E-state index in [-0.39, 0.29) is 17.9 Å². The number of sulfonamides is 1. The molecule has 7 heteroatoms. The van der Waals surface area contributed by atoms with Gasteiger partial charge >= 0.3 is 0 Å². The second kappa shape index (κ2) is 11.2. The van der Waals surface area contributed by atoms with Gasteiger partial charge in [-0.25, -0.2) is 8.42 Å². The van der Waals surface area contributed by atoms with Crippen LogP contribution in [0.2, 0.25) is 0 Å². The average Bonchev–Trinajstić information content (AvgIpc) is 2.81. The molecular weight excluding hydrogens is 472 g/mol. The second-order valence-electron chi connectivity index (χ2n) is 10.1. The van der Waals surface area contributed by atoms with Crippen LogP contribution in [0.5, 0.6) is 5.75 Å². The Morgan fingerprint density at radius 3 is 2.17 bits per heavy atom. The maximum Gasteiger partial charge on any atom is 0.251 e. The molecule has 0 unspecified atom stereocenters. The summed E-state index contributed by atoms with van der Waals surface area (Å²) in [5.74, 6) is 0.559. The Kier molecular flexibility index (Phi) is 8.46. The fourth-order valence-electron chi connectivity index (χ4n) is 3.80. The molecule has 0 bridgehead atoms. The van der Waals surface area contributed by atoms with E-state index < -0.39 is 10.0 Å². The van der Waals surface area contributed by atoms with Gasteiger partial charge in [-0.05, 0) is 71.8 Å². The minimum atomic E-state index is -3.49. The van der Waals surface area contributed by atoms with Crippen molar-refractivity contribution in [1.82, 2.24) is 5.32 Å². The highest BCUT2D eigenvalue weighted by Crippen LogP contribution is 2.27. The largest absolute Gasteiger partial charge is 0.492 e. The molecule has 1 N–H and O–H groups in total. The van der Waals surface area contributed by atoms with Gasteiger partial charge in [-0.2, -0.15) is 0 Å². The van der Waals surface area contributed by atoms with Gasteiger partial charge < -0.3 is 10.1 Å². The number of hydrogen-bond donors (Lipinski definition) is 1. The lowest BCUT2D eigenvalue weighted by Crippen LogP contribution is -2.30. The van der Waals surface area contributed by atoms with Crippen molar-refractivity contribution in [3.05, 3.63) is 94.5 Å². The predicted octanol–water partition coefficient (Wildman–Crippen LogP) is 5.38. The summed E-state index contributed by atoms with van der Waals surface area (Å²) in [6, 6.07) is 20.6. The van der Waals surface area contributed by atoms with Crippen molar-refractivity contribution in [3.63, 3.8) is 0 Å². The standard InChI is InChI=1S/C29H36N2O4S/c1-21-8-7-9-27(22(21)2)31(36(6,33)34)20-23-10-12-24(13-11-23)28(32)30-18-19-35-26-16-14-25(15-17-26)29(3,4)5/h7-17H,18-20H2,1-6H3,(H,30,32). The fraction of sp³-hybridized carbons (Fsp3) is 0.345. The monoisotopic (exact) mass is 508 g/mol. The summed E-state index contributed by atoms with van der Waals surface area (Å²) in [4.78, 5) is 12.5. The highest BCUT2D eigenvalue weighted by Gasteiger charge is 2.20. The average molecular weight is 509 g/mol. The Labute approximate surface area is 215 Å². The van der Waals surface area contributed by atoms with E-state index in [0.717, 1.165) is 22.4 Å². The molecule has 0 saturated heterocycles. The summed E-state index contributed by atoms with van der Waals surface area (Å²) in [7, 11) is -3.49. The normalized spacial score (nSPS) is 11.7. The number of amides is 1. The van der Waals surface area contributed by atoms with Crippen LogP contribution in [0.4, 0.5) is 5.69 Å². The number of carbonyl (C=O) groups excluding carboxylic acids is 1. The van der Waals surface area contributed by atoms with Crippen LogP contribution in [0.15, 0.2) is 66.7 Å². The highest BCUT2D eigenvalue weighted by molar-refractivity contribution is 7.92. The molecule has 3 rings (SSSR count). The molecule has 0 heterocycles. The molecule has 0 aromatic heterocycles. The third-order valence-electron chi connectivity index (χ3n) is 6.16. The molecule has 3 aromatic carbocycles. The molecule has 0 aliphatic rings. The van der Waals surface area contributed by atoms with Gasteiger partial charge in [0.2, 0.25) is 10.0 Å². The lowest BCUT2D eigenvalue weighted by atomic mass is 9.87. The van der Waals surface area contributed by atoms with Gasteiger partial charge in [-0.1, -0.05) is 57.2 Å². The number of hydrogen-bond acceptors (Lipinski definition) is 4. The Morgan fingerprint density at radius 2 is 1.58 bits per heavy atom. The minimum Gasteiger partial charge on any atom is -0.492 e. The van der Waals surface area contributed by atoms with Gasteiger partial charge in [0.1, 0.15) is 12.4 Å². The molecule has 3 aromatic rings. The van der Waals surface area contributed by atoms with E-state index >= 15 is 0 Å². The molecule has 0 atom stereocenters. The number of ether oxygens (including phenoxy) is 1. The number of nitrogens with zero attached hydrogens (tertiary/aromatic N) is 1. The third-order valence-corrected chi connectivity index (χ3v) is 7.29. The summed E-state index contributed by atoms with van der Waals surface area (Å²) >= 11 is 0. The van der Waals surface area contributed by atoms with Crippen LogP contribution in [0.3, 0.4) is 0 Å². The van der Waals surface area contributed by atoms with Crippen LogP contribution in [0.25, 0.3) is 0 Å². The molecule has 0 aliphatic carbocycles. The number of nitrogens with one attached hydrogen (secondary N) is 1. The van der Waals surface area contributed by atoms with Gasteiger partial charge in [0.25, 0.3) is 5.91 Å². The topological polar surface area (TPSA) is 75.7 Å². The van der Waals surface area contributed by atoms with Crippen LogP contribution in [-0.2, 0) is 22.0 Å². The van der Waals surface area contributed by atoms with E-state index in [1.807, 2.05) is 44.2 Å². The number of rotatable bonds is 9. The van der Waals surface area contributed by atoms with Crippen molar-refractivity contribution in [1.29, 1.82) is 0 Å². The molecule has 1 amide bonds.